The molecule has 1 rings (SSSR count). The van der Waals surface area contributed by atoms with Crippen molar-refractivity contribution in [2.45, 2.75) is 26.3 Å². The predicted octanol–water partition coefficient (Wildman–Crippen LogP) is 0.747. The first-order valence-electron chi connectivity index (χ1n) is 4.66. The molecule has 2 N–H and O–H groups in total. The molecule has 0 atom stereocenters. The van der Waals surface area contributed by atoms with Crippen LogP contribution in [0.1, 0.15) is 30.1 Å². The minimum atomic E-state index is -0.666. The number of primary amides is 1. The third-order valence-electron chi connectivity index (χ3n) is 2.04. The topological polar surface area (TPSA) is 65.1 Å². The largest absolute Gasteiger partial charge is 0.365 e. The van der Waals surface area contributed by atoms with Crippen molar-refractivity contribution in [1.29, 1.82) is 0 Å². The summed E-state index contributed by atoms with van der Waals surface area (Å²) >= 11 is 0. The SMILES string of the molecule is CCCCn1cccc(C(N)=O)c1=O. The molecule has 0 aromatic carbocycles. The molecule has 14 heavy (non-hydrogen) atoms. The van der Waals surface area contributed by atoms with Crippen molar-refractivity contribution in [3.05, 3.63) is 34.2 Å². The number of unbranched alkanes of at least 4 members (excludes halogenated alkanes) is 1. The summed E-state index contributed by atoms with van der Waals surface area (Å²) < 4.78 is 1.52. The molecular weight excluding hydrogens is 180 g/mol. The van der Waals surface area contributed by atoms with Crippen LogP contribution in [0.5, 0.6) is 0 Å². The summed E-state index contributed by atoms with van der Waals surface area (Å²) in [6, 6.07) is 3.12. The average Bonchev–Trinajstić information content (AvgIpc) is 2.16. The summed E-state index contributed by atoms with van der Waals surface area (Å²) in [5, 5.41) is 0. The molecular formula is C10H14N2O2. The molecule has 4 heteroatoms. The lowest BCUT2D eigenvalue weighted by molar-refractivity contribution is 0.0998. The van der Waals surface area contributed by atoms with Crippen molar-refractivity contribution in [1.82, 2.24) is 4.57 Å². The Morgan fingerprint density at radius 3 is 2.86 bits per heavy atom. The Labute approximate surface area is 82.3 Å². The van der Waals surface area contributed by atoms with Crippen LogP contribution in [0.4, 0.5) is 0 Å². The molecule has 1 amide bonds. The lowest BCUT2D eigenvalue weighted by Gasteiger charge is -2.04. The Morgan fingerprint density at radius 1 is 1.57 bits per heavy atom. The highest BCUT2D eigenvalue weighted by Gasteiger charge is 2.07. The van der Waals surface area contributed by atoms with Crippen molar-refractivity contribution >= 4 is 5.91 Å². The molecule has 0 unspecified atom stereocenters. The maximum atomic E-state index is 11.6. The van der Waals surface area contributed by atoms with Crippen molar-refractivity contribution in [3.8, 4) is 0 Å². The van der Waals surface area contributed by atoms with Gasteiger partial charge in [-0.25, -0.2) is 0 Å². The summed E-state index contributed by atoms with van der Waals surface area (Å²) in [6.45, 7) is 2.68. The molecule has 0 saturated heterocycles. The molecule has 0 aliphatic rings. The summed E-state index contributed by atoms with van der Waals surface area (Å²) in [5.41, 5.74) is 4.82. The molecule has 4 nitrogen and oxygen atoms in total. The Kier molecular flexibility index (Phi) is 3.45. The molecule has 0 bridgehead atoms. The summed E-state index contributed by atoms with van der Waals surface area (Å²) in [5.74, 6) is -0.666. The van der Waals surface area contributed by atoms with Gasteiger partial charge in [0.15, 0.2) is 0 Å². The first-order valence-corrected chi connectivity index (χ1v) is 4.66. The third-order valence-corrected chi connectivity index (χ3v) is 2.04. The van der Waals surface area contributed by atoms with E-state index in [1.165, 1.54) is 10.6 Å². The van der Waals surface area contributed by atoms with Gasteiger partial charge in [-0.1, -0.05) is 13.3 Å². The highest BCUT2D eigenvalue weighted by Crippen LogP contribution is 1.94. The number of rotatable bonds is 4. The van der Waals surface area contributed by atoms with Crippen LogP contribution in [0.25, 0.3) is 0 Å². The second-order valence-electron chi connectivity index (χ2n) is 3.14. The molecule has 0 aliphatic heterocycles. The first kappa shape index (κ1) is 10.5. The highest BCUT2D eigenvalue weighted by molar-refractivity contribution is 5.92. The van der Waals surface area contributed by atoms with E-state index in [0.717, 1.165) is 12.8 Å². The molecule has 0 saturated carbocycles. The van der Waals surface area contributed by atoms with Crippen LogP contribution in [0.15, 0.2) is 23.1 Å². The number of hydrogen-bond donors (Lipinski definition) is 1. The average molecular weight is 194 g/mol. The smallest absolute Gasteiger partial charge is 0.263 e. The highest BCUT2D eigenvalue weighted by atomic mass is 16.2. The minimum absolute atomic E-state index is 0.0589. The maximum absolute atomic E-state index is 11.6. The first-order chi connectivity index (χ1) is 6.66. The number of pyridine rings is 1. The van der Waals surface area contributed by atoms with E-state index in [1.54, 1.807) is 12.3 Å². The molecule has 0 spiro atoms. The van der Waals surface area contributed by atoms with Crippen LogP contribution < -0.4 is 11.3 Å². The standard InChI is InChI=1S/C10H14N2O2/c1-2-3-6-12-7-4-5-8(9(11)13)10(12)14/h4-5,7H,2-3,6H2,1H3,(H2,11,13). The number of aromatic nitrogens is 1. The molecule has 1 heterocycles. The van der Waals surface area contributed by atoms with Gasteiger partial charge in [0.25, 0.3) is 11.5 Å². The van der Waals surface area contributed by atoms with E-state index in [9.17, 15) is 9.59 Å². The lowest BCUT2D eigenvalue weighted by atomic mass is 10.2. The van der Waals surface area contributed by atoms with Crippen molar-refractivity contribution < 1.29 is 4.79 Å². The molecule has 1 aromatic heterocycles. The van der Waals surface area contributed by atoms with Gasteiger partial charge in [0.2, 0.25) is 0 Å². The Hall–Kier alpha value is -1.58. The van der Waals surface area contributed by atoms with Gasteiger partial charge in [-0.15, -0.1) is 0 Å². The molecule has 0 fully saturated rings. The van der Waals surface area contributed by atoms with Crippen LogP contribution in [0.3, 0.4) is 0 Å². The molecule has 0 radical (unpaired) electrons. The number of amides is 1. The van der Waals surface area contributed by atoms with E-state index in [4.69, 9.17) is 5.73 Å². The Balaban J connectivity index is 3.02. The number of hydrogen-bond acceptors (Lipinski definition) is 2. The van der Waals surface area contributed by atoms with Crippen LogP contribution in [0.2, 0.25) is 0 Å². The quantitative estimate of drug-likeness (QED) is 0.768. The van der Waals surface area contributed by atoms with Crippen LogP contribution in [-0.4, -0.2) is 10.5 Å². The van der Waals surface area contributed by atoms with E-state index >= 15 is 0 Å². The molecule has 76 valence electrons. The lowest BCUT2D eigenvalue weighted by Crippen LogP contribution is -2.28. The number of nitrogens with zero attached hydrogens (tertiary/aromatic N) is 1. The monoisotopic (exact) mass is 194 g/mol. The number of nitrogens with two attached hydrogens (primary N) is 1. The number of carbonyl (C=O) groups is 1. The van der Waals surface area contributed by atoms with Gasteiger partial charge in [0.05, 0.1) is 0 Å². The van der Waals surface area contributed by atoms with Crippen LogP contribution >= 0.6 is 0 Å². The summed E-state index contributed by atoms with van der Waals surface area (Å²) in [4.78, 5) is 22.4. The van der Waals surface area contributed by atoms with E-state index in [1.807, 2.05) is 6.92 Å². The Bertz CT molecular complexity index is 382. The van der Waals surface area contributed by atoms with Crippen molar-refractivity contribution in [3.63, 3.8) is 0 Å². The predicted molar refractivity (Wildman–Crippen MR) is 54.1 cm³/mol. The Morgan fingerprint density at radius 2 is 2.29 bits per heavy atom. The minimum Gasteiger partial charge on any atom is -0.365 e. The fourth-order valence-electron chi connectivity index (χ4n) is 1.23. The van der Waals surface area contributed by atoms with Crippen LogP contribution in [0, 0.1) is 0 Å². The van der Waals surface area contributed by atoms with E-state index in [-0.39, 0.29) is 11.1 Å². The van der Waals surface area contributed by atoms with E-state index < -0.39 is 5.91 Å². The van der Waals surface area contributed by atoms with Gasteiger partial charge < -0.3 is 10.3 Å². The second kappa shape index (κ2) is 4.60. The number of carbonyl (C=O) groups excluding carboxylic acids is 1. The zero-order chi connectivity index (χ0) is 10.6. The van der Waals surface area contributed by atoms with Gasteiger partial charge >= 0.3 is 0 Å². The van der Waals surface area contributed by atoms with E-state index in [0.29, 0.717) is 6.54 Å². The number of aryl methyl sites for hydroxylation is 1. The maximum Gasteiger partial charge on any atom is 0.263 e. The fourth-order valence-corrected chi connectivity index (χ4v) is 1.23. The fraction of sp³-hybridized carbons (Fsp3) is 0.400. The van der Waals surface area contributed by atoms with Gasteiger partial charge in [-0.05, 0) is 18.6 Å². The van der Waals surface area contributed by atoms with Gasteiger partial charge in [0.1, 0.15) is 5.56 Å². The van der Waals surface area contributed by atoms with Crippen LogP contribution in [-0.2, 0) is 6.54 Å². The van der Waals surface area contributed by atoms with E-state index in [2.05, 4.69) is 0 Å². The molecule has 0 aliphatic carbocycles. The zero-order valence-corrected chi connectivity index (χ0v) is 8.19. The zero-order valence-electron chi connectivity index (χ0n) is 8.19. The normalized spacial score (nSPS) is 10.1. The second-order valence-corrected chi connectivity index (χ2v) is 3.14. The van der Waals surface area contributed by atoms with Gasteiger partial charge in [-0.3, -0.25) is 9.59 Å². The van der Waals surface area contributed by atoms with Crippen molar-refractivity contribution in [2.24, 2.45) is 5.73 Å². The summed E-state index contributed by atoms with van der Waals surface area (Å²) in [6.07, 6.45) is 3.60. The summed E-state index contributed by atoms with van der Waals surface area (Å²) in [7, 11) is 0. The van der Waals surface area contributed by atoms with Gasteiger partial charge in [0, 0.05) is 12.7 Å². The molecule has 1 aromatic rings. The van der Waals surface area contributed by atoms with Gasteiger partial charge in [-0.2, -0.15) is 0 Å². The third kappa shape index (κ3) is 2.22. The van der Waals surface area contributed by atoms with Crippen molar-refractivity contribution in [2.75, 3.05) is 0 Å².